The molecule has 0 amide bonds. The lowest BCUT2D eigenvalue weighted by Crippen LogP contribution is -2.25. The van der Waals surface area contributed by atoms with Crippen LogP contribution in [0, 0.1) is 6.92 Å². The summed E-state index contributed by atoms with van der Waals surface area (Å²) in [4.78, 5) is 4.92. The van der Waals surface area contributed by atoms with Gasteiger partial charge < -0.3 is 14.4 Å². The summed E-state index contributed by atoms with van der Waals surface area (Å²) >= 11 is 6.24. The van der Waals surface area contributed by atoms with Gasteiger partial charge in [0.25, 0.3) is 0 Å². The van der Waals surface area contributed by atoms with E-state index in [1.165, 1.54) is 32.1 Å². The first-order chi connectivity index (χ1) is 13.6. The van der Waals surface area contributed by atoms with Gasteiger partial charge in [0.15, 0.2) is 0 Å². The van der Waals surface area contributed by atoms with Crippen LogP contribution in [0.2, 0.25) is 5.02 Å². The van der Waals surface area contributed by atoms with Crippen LogP contribution in [-0.4, -0.2) is 27.4 Å². The lowest BCUT2D eigenvalue weighted by Gasteiger charge is -2.23. The molecule has 2 aromatic carbocycles. The summed E-state index contributed by atoms with van der Waals surface area (Å²) in [5, 5.41) is 11.3. The normalized spacial score (nSPS) is 15.8. The molecule has 1 atom stereocenters. The zero-order chi connectivity index (χ0) is 19.5. The summed E-state index contributed by atoms with van der Waals surface area (Å²) in [7, 11) is 0. The Morgan fingerprint density at radius 1 is 1.17 bits per heavy atom. The number of aromatic nitrogens is 2. The number of benzene rings is 2. The van der Waals surface area contributed by atoms with E-state index in [0.29, 0.717) is 23.2 Å². The fourth-order valence-corrected chi connectivity index (χ4v) is 4.42. The monoisotopic (exact) mass is 434 g/mol. The summed E-state index contributed by atoms with van der Waals surface area (Å²) < 4.78 is 7.97. The maximum Gasteiger partial charge on any atom is 0.138 e. The van der Waals surface area contributed by atoms with Gasteiger partial charge >= 0.3 is 0 Å². The summed E-state index contributed by atoms with van der Waals surface area (Å²) in [6.45, 7) is 2.65. The van der Waals surface area contributed by atoms with E-state index in [4.69, 9.17) is 21.3 Å². The molecule has 1 N–H and O–H groups in total. The molecule has 4 nitrogen and oxygen atoms in total. The van der Waals surface area contributed by atoms with Gasteiger partial charge in [-0.3, -0.25) is 0 Å². The largest absolute Gasteiger partial charge is 0.489 e. The highest BCUT2D eigenvalue weighted by Crippen LogP contribution is 2.34. The molecule has 6 heteroatoms. The van der Waals surface area contributed by atoms with Crippen LogP contribution < -0.4 is 4.74 Å². The summed E-state index contributed by atoms with van der Waals surface area (Å²) in [5.41, 5.74) is 3.16. The maximum atomic E-state index is 10.7. The van der Waals surface area contributed by atoms with Crippen molar-refractivity contribution in [1.82, 2.24) is 9.55 Å². The molecule has 1 aliphatic rings. The van der Waals surface area contributed by atoms with E-state index >= 15 is 0 Å². The number of hydrogen-bond donors (Lipinski definition) is 1. The predicted octanol–water partition coefficient (Wildman–Crippen LogP) is 5.91. The van der Waals surface area contributed by atoms with Crippen LogP contribution in [0.5, 0.6) is 5.75 Å². The van der Waals surface area contributed by atoms with E-state index in [9.17, 15) is 5.11 Å². The van der Waals surface area contributed by atoms with Gasteiger partial charge in [-0.05, 0) is 49.6 Å². The van der Waals surface area contributed by atoms with Crippen LogP contribution in [0.1, 0.15) is 49.4 Å². The van der Waals surface area contributed by atoms with Crippen LogP contribution in [0.15, 0.2) is 42.5 Å². The summed E-state index contributed by atoms with van der Waals surface area (Å²) in [6.07, 6.45) is 5.53. The van der Waals surface area contributed by atoms with Crippen molar-refractivity contribution in [3.05, 3.63) is 58.9 Å². The molecule has 156 valence electrons. The van der Waals surface area contributed by atoms with Crippen molar-refractivity contribution in [3.8, 4) is 5.75 Å². The fourth-order valence-electron chi connectivity index (χ4n) is 4.13. The Balaban J connectivity index is 0.00000240. The second kappa shape index (κ2) is 9.84. The molecule has 0 saturated heterocycles. The number of para-hydroxylation sites is 2. The van der Waals surface area contributed by atoms with Crippen molar-refractivity contribution in [2.45, 2.75) is 57.6 Å². The van der Waals surface area contributed by atoms with Gasteiger partial charge in [0, 0.05) is 5.92 Å². The summed E-state index contributed by atoms with van der Waals surface area (Å²) in [6, 6.07) is 13.9. The van der Waals surface area contributed by atoms with Crippen molar-refractivity contribution in [3.63, 3.8) is 0 Å². The third-order valence-corrected chi connectivity index (χ3v) is 5.86. The molecular formula is C23H28Cl2N2O2. The van der Waals surface area contributed by atoms with Crippen LogP contribution in [-0.2, 0) is 6.54 Å². The average Bonchev–Trinajstić information content (AvgIpc) is 3.06. The van der Waals surface area contributed by atoms with E-state index in [2.05, 4.69) is 10.6 Å². The third kappa shape index (κ3) is 5.06. The Morgan fingerprint density at radius 3 is 2.69 bits per heavy atom. The zero-order valence-electron chi connectivity index (χ0n) is 16.7. The molecule has 0 radical (unpaired) electrons. The van der Waals surface area contributed by atoms with Crippen molar-refractivity contribution >= 4 is 35.0 Å². The number of aryl methyl sites for hydroxylation is 1. The molecule has 1 fully saturated rings. The minimum absolute atomic E-state index is 0. The standard InChI is InChI=1S/C23H27ClN2O2.ClH/c1-16-11-12-22(19(24)13-16)28-15-18(27)14-26-21-10-6-5-9-20(21)25-23(26)17-7-3-2-4-8-17;/h5-6,9-13,17-18,27H,2-4,7-8,14-15H2,1H3;1H. The second-order valence-electron chi connectivity index (χ2n) is 7.80. The fraction of sp³-hybridized carbons (Fsp3) is 0.435. The van der Waals surface area contributed by atoms with Gasteiger partial charge in [-0.25, -0.2) is 4.98 Å². The van der Waals surface area contributed by atoms with E-state index < -0.39 is 6.10 Å². The minimum atomic E-state index is -0.641. The lowest BCUT2D eigenvalue weighted by molar-refractivity contribution is 0.0922. The van der Waals surface area contributed by atoms with Crippen molar-refractivity contribution in [2.75, 3.05) is 6.61 Å². The van der Waals surface area contributed by atoms with E-state index in [1.807, 2.05) is 43.3 Å². The Morgan fingerprint density at radius 2 is 1.93 bits per heavy atom. The van der Waals surface area contributed by atoms with Gasteiger partial charge in [0.05, 0.1) is 22.6 Å². The number of nitrogens with zero attached hydrogens (tertiary/aromatic N) is 2. The Bertz CT molecular complexity index is 951. The molecule has 1 aliphatic carbocycles. The molecule has 1 aromatic heterocycles. The number of halogens is 2. The first kappa shape index (κ1) is 21.9. The number of fused-ring (bicyclic) bond motifs is 1. The Labute approximate surface area is 183 Å². The third-order valence-electron chi connectivity index (χ3n) is 5.57. The molecule has 0 aliphatic heterocycles. The SMILES string of the molecule is Cc1ccc(OCC(O)Cn2c(C3CCCCC3)nc3ccccc32)c(Cl)c1.Cl. The second-order valence-corrected chi connectivity index (χ2v) is 8.21. The molecule has 4 rings (SSSR count). The molecule has 3 aromatic rings. The van der Waals surface area contributed by atoms with Gasteiger partial charge in [0.1, 0.15) is 24.3 Å². The van der Waals surface area contributed by atoms with Crippen LogP contribution >= 0.6 is 24.0 Å². The lowest BCUT2D eigenvalue weighted by atomic mass is 9.88. The number of imidazole rings is 1. The number of ether oxygens (including phenoxy) is 1. The Hall–Kier alpha value is -1.75. The Kier molecular flexibility index (Phi) is 7.44. The molecular weight excluding hydrogens is 407 g/mol. The van der Waals surface area contributed by atoms with Gasteiger partial charge in [-0.1, -0.05) is 49.1 Å². The topological polar surface area (TPSA) is 47.3 Å². The first-order valence-electron chi connectivity index (χ1n) is 10.1. The highest BCUT2D eigenvalue weighted by atomic mass is 35.5. The number of rotatable bonds is 6. The number of aliphatic hydroxyl groups is 1. The highest BCUT2D eigenvalue weighted by molar-refractivity contribution is 6.32. The zero-order valence-corrected chi connectivity index (χ0v) is 18.3. The first-order valence-corrected chi connectivity index (χ1v) is 10.5. The highest BCUT2D eigenvalue weighted by Gasteiger charge is 2.23. The number of hydrogen-bond acceptors (Lipinski definition) is 3. The van der Waals surface area contributed by atoms with Gasteiger partial charge in [-0.2, -0.15) is 0 Å². The van der Waals surface area contributed by atoms with Crippen LogP contribution in [0.25, 0.3) is 11.0 Å². The van der Waals surface area contributed by atoms with Gasteiger partial charge in [0.2, 0.25) is 0 Å². The summed E-state index contributed by atoms with van der Waals surface area (Å²) in [5.74, 6) is 2.18. The van der Waals surface area contributed by atoms with E-state index in [1.54, 1.807) is 0 Å². The van der Waals surface area contributed by atoms with Crippen molar-refractivity contribution in [2.24, 2.45) is 0 Å². The number of aliphatic hydroxyl groups excluding tert-OH is 1. The molecule has 1 unspecified atom stereocenters. The molecule has 0 spiro atoms. The minimum Gasteiger partial charge on any atom is -0.489 e. The average molecular weight is 435 g/mol. The van der Waals surface area contributed by atoms with Crippen molar-refractivity contribution < 1.29 is 9.84 Å². The van der Waals surface area contributed by atoms with E-state index in [0.717, 1.165) is 22.4 Å². The smallest absolute Gasteiger partial charge is 0.138 e. The van der Waals surface area contributed by atoms with Crippen LogP contribution in [0.4, 0.5) is 0 Å². The molecule has 1 saturated carbocycles. The quantitative estimate of drug-likeness (QED) is 0.524. The van der Waals surface area contributed by atoms with E-state index in [-0.39, 0.29) is 19.0 Å². The molecule has 0 bridgehead atoms. The predicted molar refractivity (Wildman–Crippen MR) is 120 cm³/mol. The molecule has 29 heavy (non-hydrogen) atoms. The maximum absolute atomic E-state index is 10.7. The van der Waals surface area contributed by atoms with Crippen LogP contribution in [0.3, 0.4) is 0 Å². The molecule has 1 heterocycles. The van der Waals surface area contributed by atoms with Gasteiger partial charge in [-0.15, -0.1) is 12.4 Å². The van der Waals surface area contributed by atoms with Crippen molar-refractivity contribution in [1.29, 1.82) is 0 Å².